The first-order chi connectivity index (χ1) is 14.7. The zero-order chi connectivity index (χ0) is 24.0. The van der Waals surface area contributed by atoms with Gasteiger partial charge in [0.1, 0.15) is 0 Å². The Labute approximate surface area is 185 Å². The number of carbonyl (C=O) groups is 2. The van der Waals surface area contributed by atoms with Crippen LogP contribution in [0.2, 0.25) is 0 Å². The lowest BCUT2D eigenvalue weighted by Crippen LogP contribution is -2.35. The first-order valence-corrected chi connectivity index (χ1v) is 13.8. The smallest absolute Gasteiger partial charge is 0.348 e. The van der Waals surface area contributed by atoms with E-state index in [9.17, 15) is 18.7 Å². The predicted octanol–water partition coefficient (Wildman–Crippen LogP) is 4.90. The van der Waals surface area contributed by atoms with Gasteiger partial charge in [-0.15, -0.1) is 0 Å². The van der Waals surface area contributed by atoms with Crippen LogP contribution in [0, 0.1) is 0 Å². The number of hydrogen-bond acceptors (Lipinski definition) is 10. The third-order valence-corrected chi connectivity index (χ3v) is 11.1. The first-order valence-electron chi connectivity index (χ1n) is 10.7. The molecule has 12 heteroatoms. The van der Waals surface area contributed by atoms with Gasteiger partial charge in [-0.05, 0) is 54.4 Å². The molecular formula is C19H38O10P2. The average molecular weight is 488 g/mol. The Hall–Kier alpha value is -0.760. The quantitative estimate of drug-likeness (QED) is 0.194. The minimum Gasteiger partial charge on any atom is -0.466 e. The van der Waals surface area contributed by atoms with Gasteiger partial charge in [0.05, 0.1) is 39.6 Å². The van der Waals surface area contributed by atoms with Crippen molar-refractivity contribution in [3.63, 3.8) is 0 Å². The summed E-state index contributed by atoms with van der Waals surface area (Å²) in [5.41, 5.74) is 0. The molecule has 0 heterocycles. The molecule has 0 radical (unpaired) electrons. The van der Waals surface area contributed by atoms with Crippen LogP contribution >= 0.6 is 15.2 Å². The normalized spacial score (nSPS) is 12.6. The largest absolute Gasteiger partial charge is 0.466 e. The molecule has 184 valence electrons. The molecule has 0 aromatic carbocycles. The molecule has 0 aromatic heterocycles. The highest BCUT2D eigenvalue weighted by Gasteiger charge is 2.64. The van der Waals surface area contributed by atoms with Gasteiger partial charge in [-0.1, -0.05) is 0 Å². The van der Waals surface area contributed by atoms with Crippen molar-refractivity contribution < 1.29 is 46.3 Å². The number of hydrogen-bond donors (Lipinski definition) is 0. The van der Waals surface area contributed by atoms with Gasteiger partial charge < -0.3 is 27.6 Å². The SMILES string of the molecule is CCOC(=O)CCC(CCC(=O)OCC)(P(=O)(OCC)OCC)P(=O)(OCC)OCC. The van der Waals surface area contributed by atoms with Crippen LogP contribution in [0.1, 0.15) is 67.2 Å². The predicted molar refractivity (Wildman–Crippen MR) is 116 cm³/mol. The second kappa shape index (κ2) is 15.1. The molecule has 0 aromatic rings. The van der Waals surface area contributed by atoms with Crippen LogP contribution in [0.15, 0.2) is 0 Å². The molecule has 0 unspecified atom stereocenters. The van der Waals surface area contributed by atoms with Gasteiger partial charge in [0.2, 0.25) is 0 Å². The fourth-order valence-electron chi connectivity index (χ4n) is 3.13. The zero-order valence-electron chi connectivity index (χ0n) is 19.5. The molecule has 0 saturated heterocycles. The maximum Gasteiger partial charge on any atom is 0.348 e. The van der Waals surface area contributed by atoms with Gasteiger partial charge in [0.15, 0.2) is 4.90 Å². The maximum absolute atomic E-state index is 14.1. The molecule has 0 atom stereocenters. The monoisotopic (exact) mass is 488 g/mol. The van der Waals surface area contributed by atoms with Crippen LogP contribution < -0.4 is 0 Å². The summed E-state index contributed by atoms with van der Waals surface area (Å²) >= 11 is 0. The van der Waals surface area contributed by atoms with Crippen molar-refractivity contribution >= 4 is 27.1 Å². The number of carbonyl (C=O) groups excluding carboxylic acids is 2. The summed E-state index contributed by atoms with van der Waals surface area (Å²) < 4.78 is 60.4. The second-order valence-electron chi connectivity index (χ2n) is 6.26. The standard InChI is InChI=1S/C19H38O10P2/c1-7-24-17(20)13-15-19(16-14-18(21)25-8-2,30(22,26-9-3)27-10-4)31(23,28-11-5)29-12-6/h7-16H2,1-6H3. The summed E-state index contributed by atoms with van der Waals surface area (Å²) in [5, 5.41) is 0. The topological polar surface area (TPSA) is 124 Å². The van der Waals surface area contributed by atoms with E-state index in [-0.39, 0.29) is 65.3 Å². The van der Waals surface area contributed by atoms with Gasteiger partial charge in [-0.2, -0.15) is 0 Å². The van der Waals surface area contributed by atoms with Crippen LogP contribution in [0.5, 0.6) is 0 Å². The molecule has 10 nitrogen and oxygen atoms in total. The minimum atomic E-state index is -4.22. The Morgan fingerprint density at radius 3 is 1.10 bits per heavy atom. The van der Waals surface area contributed by atoms with Crippen molar-refractivity contribution in [2.75, 3.05) is 39.6 Å². The highest BCUT2D eigenvalue weighted by molar-refractivity contribution is 7.74. The van der Waals surface area contributed by atoms with Gasteiger partial charge >= 0.3 is 27.1 Å². The lowest BCUT2D eigenvalue weighted by Gasteiger charge is -2.42. The van der Waals surface area contributed by atoms with Gasteiger partial charge in [0.25, 0.3) is 0 Å². The molecule has 0 spiro atoms. The Bertz CT molecular complexity index is 563. The molecule has 0 aliphatic rings. The van der Waals surface area contributed by atoms with Crippen molar-refractivity contribution in [2.24, 2.45) is 0 Å². The number of esters is 2. The molecule has 0 fully saturated rings. The van der Waals surface area contributed by atoms with Gasteiger partial charge in [0, 0.05) is 12.8 Å². The molecular weight excluding hydrogens is 450 g/mol. The second-order valence-corrected chi connectivity index (χ2v) is 11.3. The van der Waals surface area contributed by atoms with Crippen LogP contribution in [0.3, 0.4) is 0 Å². The molecule has 0 saturated carbocycles. The Balaban J connectivity index is 6.66. The van der Waals surface area contributed by atoms with Crippen molar-refractivity contribution in [1.29, 1.82) is 0 Å². The van der Waals surface area contributed by atoms with Crippen LogP contribution in [0.25, 0.3) is 0 Å². The van der Waals surface area contributed by atoms with E-state index in [1.807, 2.05) is 0 Å². The summed E-state index contributed by atoms with van der Waals surface area (Å²) in [7, 11) is -8.44. The summed E-state index contributed by atoms with van der Waals surface area (Å²) in [5.74, 6) is -1.16. The van der Waals surface area contributed by atoms with Crippen LogP contribution in [0.4, 0.5) is 0 Å². The zero-order valence-corrected chi connectivity index (χ0v) is 21.3. The third-order valence-electron chi connectivity index (χ3n) is 4.29. The lowest BCUT2D eigenvalue weighted by atomic mass is 10.1. The molecule has 0 N–H and O–H groups in total. The Kier molecular flexibility index (Phi) is 14.8. The van der Waals surface area contributed by atoms with Gasteiger partial charge in [-0.25, -0.2) is 0 Å². The fraction of sp³-hybridized carbons (Fsp3) is 0.895. The first kappa shape index (κ1) is 30.2. The number of rotatable bonds is 18. The molecule has 0 bridgehead atoms. The molecule has 0 amide bonds. The van der Waals surface area contributed by atoms with Crippen LogP contribution in [-0.4, -0.2) is 56.5 Å². The van der Waals surface area contributed by atoms with E-state index < -0.39 is 32.0 Å². The van der Waals surface area contributed by atoms with E-state index in [0.717, 1.165) is 0 Å². The van der Waals surface area contributed by atoms with Gasteiger partial charge in [-0.3, -0.25) is 18.7 Å². The highest BCUT2D eigenvalue weighted by Crippen LogP contribution is 2.80. The van der Waals surface area contributed by atoms with E-state index in [2.05, 4.69) is 0 Å². The van der Waals surface area contributed by atoms with Crippen molar-refractivity contribution in [3.05, 3.63) is 0 Å². The molecule has 0 aliphatic carbocycles. The molecule has 31 heavy (non-hydrogen) atoms. The van der Waals surface area contributed by atoms with E-state index in [1.54, 1.807) is 41.5 Å². The Morgan fingerprint density at radius 1 is 0.581 bits per heavy atom. The van der Waals surface area contributed by atoms with Crippen molar-refractivity contribution in [1.82, 2.24) is 0 Å². The summed E-state index contributed by atoms with van der Waals surface area (Å²) in [6, 6.07) is 0. The third kappa shape index (κ3) is 8.26. The summed E-state index contributed by atoms with van der Waals surface area (Å²) in [6.45, 7) is 9.98. The van der Waals surface area contributed by atoms with E-state index >= 15 is 0 Å². The van der Waals surface area contributed by atoms with E-state index in [0.29, 0.717) is 0 Å². The minimum absolute atomic E-state index is 0.0178. The van der Waals surface area contributed by atoms with E-state index in [1.165, 1.54) is 0 Å². The fourth-order valence-corrected chi connectivity index (χ4v) is 9.03. The van der Waals surface area contributed by atoms with Crippen LogP contribution in [-0.2, 0) is 46.3 Å². The molecule has 0 rings (SSSR count). The highest BCUT2D eigenvalue weighted by atomic mass is 31.2. The van der Waals surface area contributed by atoms with E-state index in [4.69, 9.17) is 27.6 Å². The molecule has 0 aliphatic heterocycles. The van der Waals surface area contributed by atoms with Crippen molar-refractivity contribution in [3.8, 4) is 0 Å². The number of ether oxygens (including phenoxy) is 2. The summed E-state index contributed by atoms with van der Waals surface area (Å²) in [6.07, 6.45) is -0.991. The maximum atomic E-state index is 14.1. The Morgan fingerprint density at radius 2 is 0.871 bits per heavy atom. The average Bonchev–Trinajstić information content (AvgIpc) is 2.69. The van der Waals surface area contributed by atoms with Crippen molar-refractivity contribution in [2.45, 2.75) is 72.1 Å². The lowest BCUT2D eigenvalue weighted by molar-refractivity contribution is -0.143. The summed E-state index contributed by atoms with van der Waals surface area (Å²) in [4.78, 5) is 22.4.